The molecular formula is C14H18ClNO2. The van der Waals surface area contributed by atoms with Crippen LogP contribution in [0, 0.1) is 6.92 Å². The number of carbonyl (C=O) groups is 1. The van der Waals surface area contributed by atoms with E-state index in [2.05, 4.69) is 11.9 Å². The summed E-state index contributed by atoms with van der Waals surface area (Å²) < 4.78 is 5.65. The van der Waals surface area contributed by atoms with Crippen LogP contribution in [0.4, 0.5) is 0 Å². The highest BCUT2D eigenvalue weighted by Gasteiger charge is 2.17. The van der Waals surface area contributed by atoms with Crippen molar-refractivity contribution in [1.82, 2.24) is 5.32 Å². The zero-order chi connectivity index (χ0) is 13.5. The Bertz CT molecular complexity index is 432. The van der Waals surface area contributed by atoms with Gasteiger partial charge in [-0.2, -0.15) is 0 Å². The number of hydrogen-bond acceptors (Lipinski definition) is 2. The average Bonchev–Trinajstić information content (AvgIpc) is 2.37. The van der Waals surface area contributed by atoms with Crippen molar-refractivity contribution in [3.05, 3.63) is 41.4 Å². The molecule has 0 aromatic heterocycles. The molecule has 18 heavy (non-hydrogen) atoms. The number of rotatable bonds is 6. The molecule has 0 heterocycles. The molecule has 1 atom stereocenters. The van der Waals surface area contributed by atoms with Gasteiger partial charge in [-0.3, -0.25) is 4.79 Å². The summed E-state index contributed by atoms with van der Waals surface area (Å²) in [6.07, 6.45) is 1.74. The van der Waals surface area contributed by atoms with Gasteiger partial charge in [0.15, 0.2) is 6.10 Å². The molecule has 0 spiro atoms. The molecule has 98 valence electrons. The molecule has 0 radical (unpaired) electrons. The third-order valence-corrected chi connectivity index (χ3v) is 2.92. The lowest BCUT2D eigenvalue weighted by Crippen LogP contribution is -2.38. The Hall–Kier alpha value is -1.48. The molecule has 0 aliphatic heterocycles. The second-order valence-electron chi connectivity index (χ2n) is 3.96. The Kier molecular flexibility index (Phi) is 5.72. The van der Waals surface area contributed by atoms with Crippen LogP contribution in [0.25, 0.3) is 0 Å². The van der Waals surface area contributed by atoms with Crippen LogP contribution < -0.4 is 10.1 Å². The van der Waals surface area contributed by atoms with Gasteiger partial charge in [0.25, 0.3) is 5.91 Å². The lowest BCUT2D eigenvalue weighted by Gasteiger charge is -2.17. The van der Waals surface area contributed by atoms with Gasteiger partial charge < -0.3 is 10.1 Å². The van der Waals surface area contributed by atoms with Gasteiger partial charge in [0.1, 0.15) is 5.75 Å². The number of halogens is 1. The molecule has 1 aromatic carbocycles. The topological polar surface area (TPSA) is 38.3 Å². The number of carbonyl (C=O) groups excluding carboxylic acids is 1. The van der Waals surface area contributed by atoms with E-state index in [0.717, 1.165) is 5.56 Å². The molecule has 3 nitrogen and oxygen atoms in total. The van der Waals surface area contributed by atoms with Crippen molar-refractivity contribution in [2.75, 3.05) is 6.54 Å². The zero-order valence-electron chi connectivity index (χ0n) is 10.7. The van der Waals surface area contributed by atoms with Crippen molar-refractivity contribution in [2.45, 2.75) is 26.4 Å². The fraction of sp³-hybridized carbons (Fsp3) is 0.357. The Morgan fingerprint density at radius 2 is 2.33 bits per heavy atom. The van der Waals surface area contributed by atoms with Gasteiger partial charge in [0, 0.05) is 11.6 Å². The van der Waals surface area contributed by atoms with Crippen molar-refractivity contribution >= 4 is 17.5 Å². The molecule has 4 heteroatoms. The van der Waals surface area contributed by atoms with Crippen LogP contribution in [0.3, 0.4) is 0 Å². The molecule has 0 bridgehead atoms. The molecule has 1 unspecified atom stereocenters. The van der Waals surface area contributed by atoms with E-state index in [-0.39, 0.29) is 5.91 Å². The van der Waals surface area contributed by atoms with E-state index in [1.54, 1.807) is 18.2 Å². The molecule has 1 rings (SSSR count). The number of benzene rings is 1. The summed E-state index contributed by atoms with van der Waals surface area (Å²) in [6, 6.07) is 5.35. The smallest absolute Gasteiger partial charge is 0.261 e. The maximum Gasteiger partial charge on any atom is 0.261 e. The zero-order valence-corrected chi connectivity index (χ0v) is 11.5. The summed E-state index contributed by atoms with van der Waals surface area (Å²) in [5.74, 6) is 0.516. The van der Waals surface area contributed by atoms with Gasteiger partial charge in [-0.25, -0.2) is 0 Å². The summed E-state index contributed by atoms with van der Waals surface area (Å²) >= 11 is 5.94. The van der Waals surface area contributed by atoms with E-state index in [1.165, 1.54) is 0 Å². The highest BCUT2D eigenvalue weighted by molar-refractivity contribution is 6.31. The Morgan fingerprint density at radius 1 is 1.61 bits per heavy atom. The van der Waals surface area contributed by atoms with E-state index in [9.17, 15) is 4.79 Å². The van der Waals surface area contributed by atoms with Crippen LogP contribution in [0.15, 0.2) is 30.9 Å². The second kappa shape index (κ2) is 7.07. The third-order valence-electron chi connectivity index (χ3n) is 2.49. The Labute approximate surface area is 113 Å². The maximum atomic E-state index is 11.8. The van der Waals surface area contributed by atoms with E-state index < -0.39 is 6.10 Å². The van der Waals surface area contributed by atoms with Gasteiger partial charge in [-0.1, -0.05) is 24.6 Å². The predicted octanol–water partition coefficient (Wildman–Crippen LogP) is 3.11. The molecule has 0 aliphatic rings. The average molecular weight is 268 g/mol. The lowest BCUT2D eigenvalue weighted by atomic mass is 10.2. The van der Waals surface area contributed by atoms with Gasteiger partial charge in [0.05, 0.1) is 0 Å². The normalized spacial score (nSPS) is 11.7. The van der Waals surface area contributed by atoms with Crippen LogP contribution in [0.1, 0.15) is 18.9 Å². The fourth-order valence-electron chi connectivity index (χ4n) is 1.46. The minimum atomic E-state index is -0.495. The lowest BCUT2D eigenvalue weighted by molar-refractivity contribution is -0.127. The SMILES string of the molecule is C=CCNC(=O)C(CC)Oc1ccc(Cl)c(C)c1. The van der Waals surface area contributed by atoms with Crippen LogP contribution in [-0.2, 0) is 4.79 Å². The molecule has 1 N–H and O–H groups in total. The monoisotopic (exact) mass is 267 g/mol. The van der Waals surface area contributed by atoms with Gasteiger partial charge >= 0.3 is 0 Å². The van der Waals surface area contributed by atoms with E-state index in [4.69, 9.17) is 16.3 Å². The van der Waals surface area contributed by atoms with Crippen LogP contribution >= 0.6 is 11.6 Å². The number of ether oxygens (including phenoxy) is 1. The van der Waals surface area contributed by atoms with Crippen molar-refractivity contribution < 1.29 is 9.53 Å². The second-order valence-corrected chi connectivity index (χ2v) is 4.37. The first-order chi connectivity index (χ1) is 8.58. The molecule has 0 saturated carbocycles. The van der Waals surface area contributed by atoms with Gasteiger partial charge in [-0.05, 0) is 37.1 Å². The number of aryl methyl sites for hydroxylation is 1. The summed E-state index contributed by atoms with van der Waals surface area (Å²) in [6.45, 7) is 7.80. The van der Waals surface area contributed by atoms with Crippen molar-refractivity contribution in [1.29, 1.82) is 0 Å². The summed E-state index contributed by atoms with van der Waals surface area (Å²) in [5, 5.41) is 3.41. The van der Waals surface area contributed by atoms with E-state index >= 15 is 0 Å². The highest BCUT2D eigenvalue weighted by Crippen LogP contribution is 2.22. The number of amides is 1. The van der Waals surface area contributed by atoms with Crippen molar-refractivity contribution in [2.24, 2.45) is 0 Å². The Balaban J connectivity index is 2.69. The quantitative estimate of drug-likeness (QED) is 0.805. The first kappa shape index (κ1) is 14.6. The molecule has 1 aromatic rings. The molecule has 1 amide bonds. The highest BCUT2D eigenvalue weighted by atomic mass is 35.5. The minimum absolute atomic E-state index is 0.134. The summed E-state index contributed by atoms with van der Waals surface area (Å²) in [7, 11) is 0. The van der Waals surface area contributed by atoms with Crippen molar-refractivity contribution in [3.8, 4) is 5.75 Å². The largest absolute Gasteiger partial charge is 0.481 e. The van der Waals surface area contributed by atoms with Crippen molar-refractivity contribution in [3.63, 3.8) is 0 Å². The molecule has 0 saturated heterocycles. The molecule has 0 aliphatic carbocycles. The van der Waals surface area contributed by atoms with Gasteiger partial charge in [-0.15, -0.1) is 6.58 Å². The fourth-order valence-corrected chi connectivity index (χ4v) is 1.58. The molecular weight excluding hydrogens is 250 g/mol. The summed E-state index contributed by atoms with van der Waals surface area (Å²) in [4.78, 5) is 11.8. The summed E-state index contributed by atoms with van der Waals surface area (Å²) in [5.41, 5.74) is 0.926. The molecule has 0 fully saturated rings. The van der Waals surface area contributed by atoms with E-state index in [1.807, 2.05) is 19.9 Å². The standard InChI is InChI=1S/C14H18ClNO2/c1-4-8-16-14(17)13(5-2)18-11-6-7-12(15)10(3)9-11/h4,6-7,9,13H,1,5,8H2,2-3H3,(H,16,17). The first-order valence-corrected chi connectivity index (χ1v) is 6.27. The van der Waals surface area contributed by atoms with Crippen LogP contribution in [0.5, 0.6) is 5.75 Å². The van der Waals surface area contributed by atoms with Gasteiger partial charge in [0.2, 0.25) is 0 Å². The Morgan fingerprint density at radius 3 is 2.89 bits per heavy atom. The predicted molar refractivity (Wildman–Crippen MR) is 74.1 cm³/mol. The van der Waals surface area contributed by atoms with E-state index in [0.29, 0.717) is 23.7 Å². The minimum Gasteiger partial charge on any atom is -0.481 e. The van der Waals surface area contributed by atoms with Crippen LogP contribution in [-0.4, -0.2) is 18.6 Å². The maximum absolute atomic E-state index is 11.8. The first-order valence-electron chi connectivity index (χ1n) is 5.90. The van der Waals surface area contributed by atoms with Crippen LogP contribution in [0.2, 0.25) is 5.02 Å². The third kappa shape index (κ3) is 4.08. The number of nitrogens with one attached hydrogen (secondary N) is 1. The number of hydrogen-bond donors (Lipinski definition) is 1.